The summed E-state index contributed by atoms with van der Waals surface area (Å²) in [6.45, 7) is 2.08. The van der Waals surface area contributed by atoms with Gasteiger partial charge in [-0.3, -0.25) is 4.72 Å². The van der Waals surface area contributed by atoms with Gasteiger partial charge in [-0.25, -0.2) is 4.39 Å². The molecule has 16 heavy (non-hydrogen) atoms. The lowest BCUT2D eigenvalue weighted by Gasteiger charge is -2.09. The summed E-state index contributed by atoms with van der Waals surface area (Å²) < 4.78 is 39.8. The van der Waals surface area contributed by atoms with E-state index in [1.165, 1.54) is 0 Å². The monoisotopic (exact) mass is 248 g/mol. The second-order valence-electron chi connectivity index (χ2n) is 3.16. The summed E-state index contributed by atoms with van der Waals surface area (Å²) in [5.41, 5.74) is -0.191. The molecule has 90 valence electrons. The third kappa shape index (κ3) is 3.67. The molecule has 0 spiro atoms. The minimum Gasteiger partial charge on any atom is -0.506 e. The van der Waals surface area contributed by atoms with Crippen LogP contribution in [0.3, 0.4) is 0 Å². The summed E-state index contributed by atoms with van der Waals surface area (Å²) in [6, 6.07) is 3.01. The van der Waals surface area contributed by atoms with Gasteiger partial charge in [-0.2, -0.15) is 13.1 Å². The largest absolute Gasteiger partial charge is 0.506 e. The number of halogens is 1. The third-order valence-electron chi connectivity index (χ3n) is 1.75. The first-order chi connectivity index (χ1) is 7.44. The van der Waals surface area contributed by atoms with Gasteiger partial charge in [0.25, 0.3) is 10.2 Å². The first-order valence-electron chi connectivity index (χ1n) is 4.70. The molecule has 5 nitrogen and oxygen atoms in total. The number of anilines is 1. The molecule has 3 N–H and O–H groups in total. The van der Waals surface area contributed by atoms with Crippen molar-refractivity contribution in [3.63, 3.8) is 0 Å². The number of phenols is 1. The number of aromatic hydroxyl groups is 1. The molecule has 0 amide bonds. The molecule has 0 unspecified atom stereocenters. The average Bonchev–Trinajstić information content (AvgIpc) is 2.20. The van der Waals surface area contributed by atoms with Crippen LogP contribution in [-0.4, -0.2) is 20.1 Å². The molecule has 0 aromatic heterocycles. The van der Waals surface area contributed by atoms with Crippen LogP contribution in [0.5, 0.6) is 5.75 Å². The van der Waals surface area contributed by atoms with E-state index < -0.39 is 16.0 Å². The van der Waals surface area contributed by atoms with Crippen LogP contribution in [0.4, 0.5) is 10.1 Å². The zero-order valence-electron chi connectivity index (χ0n) is 8.70. The van der Waals surface area contributed by atoms with Crippen molar-refractivity contribution in [2.75, 3.05) is 11.3 Å². The van der Waals surface area contributed by atoms with Gasteiger partial charge in [-0.05, 0) is 18.6 Å². The summed E-state index contributed by atoms with van der Waals surface area (Å²) in [5.74, 6) is -0.964. The van der Waals surface area contributed by atoms with E-state index in [2.05, 4.69) is 4.72 Å². The topological polar surface area (TPSA) is 78.4 Å². The summed E-state index contributed by atoms with van der Waals surface area (Å²) in [7, 11) is -3.76. The fraction of sp³-hybridized carbons (Fsp3) is 0.333. The van der Waals surface area contributed by atoms with Crippen LogP contribution in [-0.2, 0) is 10.2 Å². The van der Waals surface area contributed by atoms with Gasteiger partial charge in [-0.1, -0.05) is 6.92 Å². The van der Waals surface area contributed by atoms with Gasteiger partial charge in [-0.15, -0.1) is 0 Å². The summed E-state index contributed by atoms with van der Waals surface area (Å²) in [4.78, 5) is 0. The predicted molar refractivity (Wildman–Crippen MR) is 58.9 cm³/mol. The molecule has 0 aliphatic carbocycles. The second kappa shape index (κ2) is 5.13. The molecular formula is C9H13FN2O3S. The van der Waals surface area contributed by atoms with Gasteiger partial charge in [0.15, 0.2) is 0 Å². The maximum absolute atomic E-state index is 12.8. The molecule has 1 rings (SSSR count). The molecule has 0 heterocycles. The number of hydrogen-bond donors (Lipinski definition) is 3. The molecule has 0 saturated carbocycles. The highest BCUT2D eigenvalue weighted by atomic mass is 32.2. The first-order valence-corrected chi connectivity index (χ1v) is 6.19. The highest BCUT2D eigenvalue weighted by molar-refractivity contribution is 7.90. The first kappa shape index (κ1) is 12.7. The van der Waals surface area contributed by atoms with E-state index in [1.807, 2.05) is 11.6 Å². The summed E-state index contributed by atoms with van der Waals surface area (Å²) >= 11 is 0. The number of benzene rings is 1. The van der Waals surface area contributed by atoms with E-state index in [4.69, 9.17) is 0 Å². The van der Waals surface area contributed by atoms with Crippen molar-refractivity contribution in [1.82, 2.24) is 4.72 Å². The highest BCUT2D eigenvalue weighted by Gasteiger charge is 2.11. The fourth-order valence-corrected chi connectivity index (χ4v) is 2.01. The molecule has 0 bridgehead atoms. The number of nitrogens with one attached hydrogen (secondary N) is 2. The normalized spacial score (nSPS) is 11.4. The molecule has 0 fully saturated rings. The van der Waals surface area contributed by atoms with E-state index in [9.17, 15) is 17.9 Å². The Hall–Kier alpha value is -1.34. The SMILES string of the molecule is CCCNS(=O)(=O)Nc1cc(F)ccc1O. The summed E-state index contributed by atoms with van der Waals surface area (Å²) in [5, 5.41) is 9.30. The van der Waals surface area contributed by atoms with E-state index in [-0.39, 0.29) is 18.0 Å². The van der Waals surface area contributed by atoms with Crippen molar-refractivity contribution in [3.05, 3.63) is 24.0 Å². The lowest BCUT2D eigenvalue weighted by molar-refractivity contribution is 0.475. The van der Waals surface area contributed by atoms with Crippen LogP contribution < -0.4 is 9.44 Å². The Bertz CT molecular complexity index is 462. The number of rotatable bonds is 5. The molecule has 7 heteroatoms. The van der Waals surface area contributed by atoms with Crippen molar-refractivity contribution in [1.29, 1.82) is 0 Å². The molecule has 0 radical (unpaired) electrons. The van der Waals surface area contributed by atoms with Gasteiger partial charge < -0.3 is 5.11 Å². The molecule has 1 aromatic carbocycles. The van der Waals surface area contributed by atoms with Crippen LogP contribution in [0, 0.1) is 5.82 Å². The average molecular weight is 248 g/mol. The molecule has 0 aliphatic rings. The Morgan fingerprint density at radius 3 is 2.75 bits per heavy atom. The van der Waals surface area contributed by atoms with Crippen LogP contribution in [0.1, 0.15) is 13.3 Å². The minimum atomic E-state index is -3.76. The second-order valence-corrected chi connectivity index (χ2v) is 4.66. The highest BCUT2D eigenvalue weighted by Crippen LogP contribution is 2.24. The smallest absolute Gasteiger partial charge is 0.299 e. The zero-order chi connectivity index (χ0) is 12.2. The maximum Gasteiger partial charge on any atom is 0.299 e. The quantitative estimate of drug-likeness (QED) is 0.685. The molecule has 0 aliphatic heterocycles. The number of phenolic OH excluding ortho intramolecular Hbond substituents is 1. The van der Waals surface area contributed by atoms with Crippen molar-refractivity contribution in [2.45, 2.75) is 13.3 Å². The lowest BCUT2D eigenvalue weighted by atomic mass is 10.3. The number of hydrogen-bond acceptors (Lipinski definition) is 3. The Morgan fingerprint density at radius 2 is 2.12 bits per heavy atom. The van der Waals surface area contributed by atoms with Gasteiger partial charge >= 0.3 is 0 Å². The lowest BCUT2D eigenvalue weighted by Crippen LogP contribution is -2.30. The van der Waals surface area contributed by atoms with Crippen LogP contribution in [0.15, 0.2) is 18.2 Å². The Balaban J connectivity index is 2.83. The van der Waals surface area contributed by atoms with E-state index in [0.717, 1.165) is 18.2 Å². The maximum atomic E-state index is 12.8. The standard InChI is InChI=1S/C9H13FN2O3S/c1-2-5-11-16(14,15)12-8-6-7(10)3-4-9(8)13/h3-4,6,11-13H,2,5H2,1H3. The van der Waals surface area contributed by atoms with Gasteiger partial charge in [0.2, 0.25) is 0 Å². The Kier molecular flexibility index (Phi) is 4.08. The van der Waals surface area contributed by atoms with E-state index >= 15 is 0 Å². The van der Waals surface area contributed by atoms with Crippen molar-refractivity contribution >= 4 is 15.9 Å². The van der Waals surface area contributed by atoms with Gasteiger partial charge in [0.1, 0.15) is 11.6 Å². The van der Waals surface area contributed by atoms with E-state index in [0.29, 0.717) is 6.42 Å². The fourth-order valence-electron chi connectivity index (χ4n) is 1.01. The zero-order valence-corrected chi connectivity index (χ0v) is 9.51. The van der Waals surface area contributed by atoms with Crippen molar-refractivity contribution in [2.24, 2.45) is 0 Å². The molecular weight excluding hydrogens is 235 g/mol. The molecule has 0 saturated heterocycles. The van der Waals surface area contributed by atoms with Crippen LogP contribution >= 0.6 is 0 Å². The van der Waals surface area contributed by atoms with Gasteiger partial charge in [0.05, 0.1) is 5.69 Å². The third-order valence-corrected chi connectivity index (χ3v) is 2.82. The minimum absolute atomic E-state index is 0.191. The predicted octanol–water partition coefficient (Wildman–Crippen LogP) is 1.19. The Morgan fingerprint density at radius 1 is 1.44 bits per heavy atom. The van der Waals surface area contributed by atoms with Gasteiger partial charge in [0, 0.05) is 12.6 Å². The van der Waals surface area contributed by atoms with Crippen LogP contribution in [0.2, 0.25) is 0 Å². The summed E-state index contributed by atoms with van der Waals surface area (Å²) in [6.07, 6.45) is 0.635. The molecule has 0 atom stereocenters. The molecule has 1 aromatic rings. The Labute approximate surface area is 93.5 Å². The van der Waals surface area contributed by atoms with Crippen LogP contribution in [0.25, 0.3) is 0 Å². The van der Waals surface area contributed by atoms with Crippen molar-refractivity contribution < 1.29 is 17.9 Å². The van der Waals surface area contributed by atoms with E-state index in [1.54, 1.807) is 0 Å². The van der Waals surface area contributed by atoms with Crippen molar-refractivity contribution in [3.8, 4) is 5.75 Å².